The van der Waals surface area contributed by atoms with Gasteiger partial charge in [0.25, 0.3) is 5.91 Å². The molecule has 1 aliphatic heterocycles. The van der Waals surface area contributed by atoms with Crippen molar-refractivity contribution in [2.75, 3.05) is 13.2 Å². The van der Waals surface area contributed by atoms with Crippen molar-refractivity contribution < 1.29 is 14.6 Å². The summed E-state index contributed by atoms with van der Waals surface area (Å²) in [6.45, 7) is 8.20. The molecule has 1 amide bonds. The first-order valence-corrected chi connectivity index (χ1v) is 6.91. The van der Waals surface area contributed by atoms with Crippen LogP contribution in [0, 0.1) is 5.41 Å². The topological polar surface area (TPSA) is 49.8 Å². The average molecular weight is 277 g/mol. The maximum absolute atomic E-state index is 12.8. The van der Waals surface area contributed by atoms with Crippen molar-refractivity contribution >= 4 is 5.91 Å². The highest BCUT2D eigenvalue weighted by Gasteiger charge is 2.50. The number of hydrogen-bond donors (Lipinski definition) is 1. The average Bonchev–Trinajstić information content (AvgIpc) is 2.77. The Hall–Kier alpha value is -1.39. The van der Waals surface area contributed by atoms with Crippen LogP contribution in [0.15, 0.2) is 30.3 Å². The fourth-order valence-electron chi connectivity index (χ4n) is 2.52. The molecular formula is C16H23NO3. The van der Waals surface area contributed by atoms with Gasteiger partial charge in [0.05, 0.1) is 18.8 Å². The van der Waals surface area contributed by atoms with E-state index >= 15 is 0 Å². The predicted octanol–water partition coefficient (Wildman–Crippen LogP) is 2.28. The van der Waals surface area contributed by atoms with Gasteiger partial charge in [-0.05, 0) is 19.1 Å². The summed E-state index contributed by atoms with van der Waals surface area (Å²) in [4.78, 5) is 14.5. The van der Waals surface area contributed by atoms with Crippen molar-refractivity contribution in [3.63, 3.8) is 0 Å². The molecule has 0 spiro atoms. The summed E-state index contributed by atoms with van der Waals surface area (Å²) in [5.74, 6) is -0.0976. The van der Waals surface area contributed by atoms with Crippen LogP contribution >= 0.6 is 0 Å². The molecule has 4 heteroatoms. The second-order valence-corrected chi connectivity index (χ2v) is 6.73. The Morgan fingerprint density at radius 3 is 2.50 bits per heavy atom. The molecule has 1 heterocycles. The number of carbonyl (C=O) groups is 1. The molecule has 1 saturated heterocycles. The molecule has 0 radical (unpaired) electrons. The monoisotopic (exact) mass is 277 g/mol. The van der Waals surface area contributed by atoms with Crippen molar-refractivity contribution in [1.82, 2.24) is 4.90 Å². The van der Waals surface area contributed by atoms with Gasteiger partial charge in [-0.25, -0.2) is 0 Å². The number of ether oxygens (including phenoxy) is 1. The lowest BCUT2D eigenvalue weighted by molar-refractivity contribution is -0.0437. The van der Waals surface area contributed by atoms with Crippen LogP contribution in [-0.2, 0) is 4.74 Å². The van der Waals surface area contributed by atoms with Crippen LogP contribution in [-0.4, -0.2) is 40.9 Å². The van der Waals surface area contributed by atoms with Gasteiger partial charge >= 0.3 is 0 Å². The van der Waals surface area contributed by atoms with E-state index < -0.39 is 5.54 Å². The number of carbonyl (C=O) groups excluding carboxylic acids is 1. The van der Waals surface area contributed by atoms with Crippen molar-refractivity contribution in [1.29, 1.82) is 0 Å². The third-order valence-corrected chi connectivity index (χ3v) is 3.69. The molecule has 2 rings (SSSR count). The van der Waals surface area contributed by atoms with Crippen LogP contribution in [0.25, 0.3) is 0 Å². The molecule has 1 N–H and O–H groups in total. The molecule has 0 saturated carbocycles. The van der Waals surface area contributed by atoms with Crippen LogP contribution in [0.2, 0.25) is 0 Å². The number of benzene rings is 1. The number of rotatable bonds is 2. The maximum atomic E-state index is 12.8. The second-order valence-electron chi connectivity index (χ2n) is 6.73. The summed E-state index contributed by atoms with van der Waals surface area (Å²) < 4.78 is 5.82. The van der Waals surface area contributed by atoms with E-state index in [1.807, 2.05) is 45.9 Å². The lowest BCUT2D eigenvalue weighted by Crippen LogP contribution is -2.55. The van der Waals surface area contributed by atoms with Crippen molar-refractivity contribution in [3.8, 4) is 0 Å². The van der Waals surface area contributed by atoms with E-state index in [9.17, 15) is 9.90 Å². The minimum Gasteiger partial charge on any atom is -0.394 e. The third kappa shape index (κ3) is 2.58. The molecular weight excluding hydrogens is 254 g/mol. The smallest absolute Gasteiger partial charge is 0.256 e. The first-order chi connectivity index (χ1) is 9.29. The Morgan fingerprint density at radius 1 is 1.40 bits per heavy atom. The van der Waals surface area contributed by atoms with Gasteiger partial charge in [0.2, 0.25) is 0 Å². The lowest BCUT2D eigenvalue weighted by Gasteiger charge is -2.40. The normalized spacial score (nSPS) is 26.9. The summed E-state index contributed by atoms with van der Waals surface area (Å²) in [5.41, 5.74) is -0.269. The van der Waals surface area contributed by atoms with Crippen LogP contribution in [0.5, 0.6) is 0 Å². The molecule has 20 heavy (non-hydrogen) atoms. The highest BCUT2D eigenvalue weighted by atomic mass is 16.5. The predicted molar refractivity (Wildman–Crippen MR) is 77.3 cm³/mol. The molecule has 0 aliphatic carbocycles. The van der Waals surface area contributed by atoms with Crippen LogP contribution in [0.1, 0.15) is 38.1 Å². The maximum Gasteiger partial charge on any atom is 0.256 e. The number of amides is 1. The molecule has 110 valence electrons. The number of nitrogens with zero attached hydrogens (tertiary/aromatic N) is 1. The first-order valence-electron chi connectivity index (χ1n) is 6.91. The molecule has 1 aromatic rings. The van der Waals surface area contributed by atoms with E-state index in [1.165, 1.54) is 0 Å². The van der Waals surface area contributed by atoms with Crippen LogP contribution < -0.4 is 0 Å². The van der Waals surface area contributed by atoms with Gasteiger partial charge in [-0.15, -0.1) is 0 Å². The molecule has 2 unspecified atom stereocenters. The van der Waals surface area contributed by atoms with Gasteiger partial charge in [0, 0.05) is 11.0 Å². The standard InChI is InChI=1S/C16H23NO3/c1-15(2,3)14-17(16(4,10-18)11-20-14)13(19)12-8-6-5-7-9-12/h5-9,14,18H,10-11H2,1-4H3. The summed E-state index contributed by atoms with van der Waals surface area (Å²) in [6.07, 6.45) is -0.340. The highest BCUT2D eigenvalue weighted by Crippen LogP contribution is 2.37. The molecule has 1 fully saturated rings. The molecule has 0 bridgehead atoms. The van der Waals surface area contributed by atoms with Crippen molar-refractivity contribution in [2.45, 2.75) is 39.5 Å². The van der Waals surface area contributed by atoms with Gasteiger partial charge in [-0.2, -0.15) is 0 Å². The lowest BCUT2D eigenvalue weighted by atomic mass is 9.91. The highest BCUT2D eigenvalue weighted by molar-refractivity contribution is 5.95. The van der Waals surface area contributed by atoms with Gasteiger partial charge in [-0.1, -0.05) is 39.0 Å². The fourth-order valence-corrected chi connectivity index (χ4v) is 2.52. The largest absolute Gasteiger partial charge is 0.394 e. The van der Waals surface area contributed by atoms with E-state index in [4.69, 9.17) is 4.74 Å². The molecule has 2 atom stereocenters. The molecule has 4 nitrogen and oxygen atoms in total. The van der Waals surface area contributed by atoms with Crippen LogP contribution in [0.4, 0.5) is 0 Å². The van der Waals surface area contributed by atoms with Gasteiger partial charge in [-0.3, -0.25) is 4.79 Å². The van der Waals surface area contributed by atoms with E-state index in [-0.39, 0.29) is 24.2 Å². The van der Waals surface area contributed by atoms with Gasteiger partial charge in [0.15, 0.2) is 0 Å². The van der Waals surface area contributed by atoms with Crippen molar-refractivity contribution in [2.24, 2.45) is 5.41 Å². The zero-order valence-electron chi connectivity index (χ0n) is 12.6. The number of aliphatic hydroxyl groups is 1. The van der Waals surface area contributed by atoms with Gasteiger partial charge < -0.3 is 14.7 Å². The Morgan fingerprint density at radius 2 is 2.00 bits per heavy atom. The third-order valence-electron chi connectivity index (χ3n) is 3.69. The Bertz CT molecular complexity index is 480. The number of aliphatic hydroxyl groups excluding tert-OH is 1. The first kappa shape index (κ1) is 15.0. The van der Waals surface area contributed by atoms with E-state index in [0.717, 1.165) is 0 Å². The van der Waals surface area contributed by atoms with Crippen molar-refractivity contribution in [3.05, 3.63) is 35.9 Å². The quantitative estimate of drug-likeness (QED) is 0.902. The zero-order chi connectivity index (χ0) is 15.0. The summed E-state index contributed by atoms with van der Waals surface area (Å²) in [6, 6.07) is 9.14. The Labute approximate surface area is 120 Å². The minimum absolute atomic E-state index is 0.0976. The van der Waals surface area contributed by atoms with E-state index in [2.05, 4.69) is 0 Å². The van der Waals surface area contributed by atoms with Gasteiger partial charge in [0.1, 0.15) is 6.23 Å². The minimum atomic E-state index is -0.676. The Balaban J connectivity index is 2.39. The van der Waals surface area contributed by atoms with E-state index in [0.29, 0.717) is 12.2 Å². The SMILES string of the molecule is CC(C)(C)C1OCC(C)(CO)N1C(=O)c1ccccc1. The van der Waals surface area contributed by atoms with Crippen LogP contribution in [0.3, 0.4) is 0 Å². The fraction of sp³-hybridized carbons (Fsp3) is 0.562. The summed E-state index contributed by atoms with van der Waals surface area (Å²) in [5, 5.41) is 9.70. The molecule has 0 aromatic heterocycles. The zero-order valence-corrected chi connectivity index (χ0v) is 12.6. The molecule has 1 aliphatic rings. The summed E-state index contributed by atoms with van der Waals surface area (Å²) >= 11 is 0. The molecule has 1 aromatic carbocycles. The number of hydrogen-bond acceptors (Lipinski definition) is 3. The summed E-state index contributed by atoms with van der Waals surface area (Å²) in [7, 11) is 0. The van der Waals surface area contributed by atoms with E-state index in [1.54, 1.807) is 17.0 Å². The Kier molecular flexibility index (Phi) is 3.89. The second kappa shape index (κ2) is 5.19.